The lowest BCUT2D eigenvalue weighted by Crippen LogP contribution is -2.70. The first-order valence-corrected chi connectivity index (χ1v) is 9.25. The van der Waals surface area contributed by atoms with Crippen molar-refractivity contribution in [1.82, 2.24) is 28.7 Å². The average Bonchev–Trinajstić information content (AvgIpc) is 3.24. The number of carbonyl (C=O) groups excluding carboxylic acids is 1. The van der Waals surface area contributed by atoms with Gasteiger partial charge in [0, 0.05) is 31.9 Å². The first kappa shape index (κ1) is 16.6. The van der Waals surface area contributed by atoms with Crippen LogP contribution in [0.15, 0.2) is 12.3 Å². The predicted molar refractivity (Wildman–Crippen MR) is 92.4 cm³/mol. The smallest absolute Gasteiger partial charge is 0.274 e. The van der Waals surface area contributed by atoms with E-state index in [2.05, 4.69) is 37.7 Å². The number of hydrogen-bond acceptors (Lipinski definition) is 7. The van der Waals surface area contributed by atoms with Crippen molar-refractivity contribution in [1.29, 1.82) is 0 Å². The normalized spacial score (nSPS) is 20.2. The van der Waals surface area contributed by atoms with Crippen LogP contribution in [-0.2, 0) is 11.3 Å². The van der Waals surface area contributed by atoms with E-state index < -0.39 is 0 Å². The molecule has 134 valence electrons. The van der Waals surface area contributed by atoms with Crippen molar-refractivity contribution in [3.05, 3.63) is 29.3 Å². The standard InChI is InChI=1S/C16H22N6O2S/c1-11(2)13-5-14(19-18-13)15(23)22-3-4-24-16(10-22)8-21(9-16)7-12-6-17-25-20-12/h5-6,11H,3-4,7-10H2,1-2H3,(H,18,19). The van der Waals surface area contributed by atoms with Crippen LogP contribution in [0.2, 0.25) is 0 Å². The maximum Gasteiger partial charge on any atom is 0.274 e. The summed E-state index contributed by atoms with van der Waals surface area (Å²) in [6.07, 6.45) is 1.80. The second-order valence-corrected chi connectivity index (χ2v) is 7.72. The van der Waals surface area contributed by atoms with Gasteiger partial charge in [-0.25, -0.2) is 0 Å². The summed E-state index contributed by atoms with van der Waals surface area (Å²) in [5.74, 6) is 0.304. The summed E-state index contributed by atoms with van der Waals surface area (Å²) in [6, 6.07) is 1.86. The topological polar surface area (TPSA) is 87.2 Å². The minimum atomic E-state index is -0.255. The average molecular weight is 362 g/mol. The number of amides is 1. The summed E-state index contributed by atoms with van der Waals surface area (Å²) in [5, 5.41) is 7.14. The summed E-state index contributed by atoms with van der Waals surface area (Å²) < 4.78 is 14.3. The van der Waals surface area contributed by atoms with Gasteiger partial charge in [-0.2, -0.15) is 13.8 Å². The van der Waals surface area contributed by atoms with E-state index in [1.54, 1.807) is 6.20 Å². The summed E-state index contributed by atoms with van der Waals surface area (Å²) in [5.41, 5.74) is 2.21. The SMILES string of the molecule is CC(C)c1cc(C(=O)N2CCOC3(CN(Cc4cnsn4)C3)C2)n[nH]1. The molecule has 2 aliphatic rings. The quantitative estimate of drug-likeness (QED) is 0.877. The molecule has 0 radical (unpaired) electrons. The molecule has 2 fully saturated rings. The summed E-state index contributed by atoms with van der Waals surface area (Å²) in [6.45, 7) is 8.35. The third-order valence-electron chi connectivity index (χ3n) is 4.79. The van der Waals surface area contributed by atoms with Gasteiger partial charge in [-0.3, -0.25) is 14.8 Å². The first-order chi connectivity index (χ1) is 12.0. The van der Waals surface area contributed by atoms with Crippen LogP contribution in [0, 0.1) is 0 Å². The fourth-order valence-corrected chi connectivity index (χ4v) is 3.90. The van der Waals surface area contributed by atoms with Crippen molar-refractivity contribution in [2.75, 3.05) is 32.8 Å². The summed E-state index contributed by atoms with van der Waals surface area (Å²) in [7, 11) is 0. The van der Waals surface area contributed by atoms with Crippen LogP contribution < -0.4 is 0 Å². The molecule has 0 saturated carbocycles. The summed E-state index contributed by atoms with van der Waals surface area (Å²) in [4.78, 5) is 16.9. The number of morpholine rings is 1. The lowest BCUT2D eigenvalue weighted by molar-refractivity contribution is -0.179. The van der Waals surface area contributed by atoms with Crippen molar-refractivity contribution < 1.29 is 9.53 Å². The van der Waals surface area contributed by atoms with Gasteiger partial charge in [0.2, 0.25) is 0 Å². The van der Waals surface area contributed by atoms with E-state index in [1.165, 1.54) is 11.7 Å². The molecule has 4 heterocycles. The van der Waals surface area contributed by atoms with Crippen LogP contribution in [-0.4, -0.2) is 73.0 Å². The Labute approximate surface area is 150 Å². The van der Waals surface area contributed by atoms with Gasteiger partial charge in [-0.05, 0) is 12.0 Å². The monoisotopic (exact) mass is 362 g/mol. The Morgan fingerprint density at radius 2 is 2.28 bits per heavy atom. The van der Waals surface area contributed by atoms with Gasteiger partial charge in [0.1, 0.15) is 11.3 Å². The number of nitrogens with zero attached hydrogens (tertiary/aromatic N) is 5. The molecule has 1 spiro atoms. The number of carbonyl (C=O) groups is 1. The molecule has 0 unspecified atom stereocenters. The Morgan fingerprint density at radius 3 is 2.96 bits per heavy atom. The molecular formula is C16H22N6O2S. The number of aromatic nitrogens is 4. The highest BCUT2D eigenvalue weighted by molar-refractivity contribution is 6.99. The highest BCUT2D eigenvalue weighted by atomic mass is 32.1. The molecule has 0 atom stereocenters. The molecule has 2 aromatic heterocycles. The number of likely N-dealkylation sites (tertiary alicyclic amines) is 1. The minimum Gasteiger partial charge on any atom is -0.369 e. The third-order valence-corrected chi connectivity index (χ3v) is 5.31. The van der Waals surface area contributed by atoms with Gasteiger partial charge in [0.05, 0.1) is 36.8 Å². The van der Waals surface area contributed by atoms with Crippen LogP contribution in [0.1, 0.15) is 41.6 Å². The Balaban J connectivity index is 1.37. The zero-order valence-corrected chi connectivity index (χ0v) is 15.3. The van der Waals surface area contributed by atoms with E-state index in [1.807, 2.05) is 11.0 Å². The van der Waals surface area contributed by atoms with Gasteiger partial charge in [-0.15, -0.1) is 0 Å². The van der Waals surface area contributed by atoms with Crippen LogP contribution in [0.5, 0.6) is 0 Å². The van der Waals surface area contributed by atoms with E-state index in [-0.39, 0.29) is 11.5 Å². The molecule has 0 aromatic carbocycles. The molecule has 2 aliphatic heterocycles. The number of aromatic amines is 1. The van der Waals surface area contributed by atoms with Gasteiger partial charge >= 0.3 is 0 Å². The van der Waals surface area contributed by atoms with Crippen molar-refractivity contribution in [2.24, 2.45) is 0 Å². The Morgan fingerprint density at radius 1 is 1.44 bits per heavy atom. The van der Waals surface area contributed by atoms with Crippen molar-refractivity contribution in [2.45, 2.75) is 31.9 Å². The Hall–Kier alpha value is -1.84. The van der Waals surface area contributed by atoms with E-state index in [0.717, 1.165) is 31.0 Å². The molecule has 1 N–H and O–H groups in total. The maximum absolute atomic E-state index is 12.8. The van der Waals surface area contributed by atoms with Crippen molar-refractivity contribution >= 4 is 17.6 Å². The van der Waals surface area contributed by atoms with Crippen LogP contribution in [0.3, 0.4) is 0 Å². The molecule has 4 rings (SSSR count). The number of hydrogen-bond donors (Lipinski definition) is 1. The summed E-state index contributed by atoms with van der Waals surface area (Å²) >= 11 is 1.23. The third kappa shape index (κ3) is 3.31. The molecule has 25 heavy (non-hydrogen) atoms. The number of ether oxygens (including phenoxy) is 1. The Bertz CT molecular complexity index is 738. The molecule has 0 bridgehead atoms. The van der Waals surface area contributed by atoms with Crippen molar-refractivity contribution in [3.8, 4) is 0 Å². The van der Waals surface area contributed by atoms with Gasteiger partial charge < -0.3 is 9.64 Å². The van der Waals surface area contributed by atoms with E-state index in [4.69, 9.17) is 4.74 Å². The fourth-order valence-electron chi connectivity index (χ4n) is 3.48. The highest BCUT2D eigenvalue weighted by Crippen LogP contribution is 2.30. The molecule has 2 aromatic rings. The van der Waals surface area contributed by atoms with E-state index >= 15 is 0 Å². The number of rotatable bonds is 4. The van der Waals surface area contributed by atoms with Gasteiger partial charge in [-0.1, -0.05) is 13.8 Å². The lowest BCUT2D eigenvalue weighted by Gasteiger charge is -2.53. The van der Waals surface area contributed by atoms with Crippen LogP contribution in [0.25, 0.3) is 0 Å². The highest BCUT2D eigenvalue weighted by Gasteiger charge is 2.48. The molecule has 1 amide bonds. The van der Waals surface area contributed by atoms with Crippen molar-refractivity contribution in [3.63, 3.8) is 0 Å². The molecule has 0 aliphatic carbocycles. The number of nitrogens with one attached hydrogen (secondary N) is 1. The minimum absolute atomic E-state index is 0.0204. The zero-order chi connectivity index (χ0) is 17.4. The number of H-pyrrole nitrogens is 1. The van der Waals surface area contributed by atoms with Gasteiger partial charge in [0.25, 0.3) is 5.91 Å². The first-order valence-electron chi connectivity index (χ1n) is 8.52. The van der Waals surface area contributed by atoms with E-state index in [9.17, 15) is 4.79 Å². The second-order valence-electron chi connectivity index (χ2n) is 7.17. The zero-order valence-electron chi connectivity index (χ0n) is 14.4. The van der Waals surface area contributed by atoms with Crippen LogP contribution >= 0.6 is 11.7 Å². The predicted octanol–water partition coefficient (Wildman–Crippen LogP) is 1.11. The van der Waals surface area contributed by atoms with E-state index in [0.29, 0.717) is 31.3 Å². The van der Waals surface area contributed by atoms with Gasteiger partial charge in [0.15, 0.2) is 0 Å². The fraction of sp³-hybridized carbons (Fsp3) is 0.625. The maximum atomic E-state index is 12.8. The lowest BCUT2D eigenvalue weighted by atomic mass is 9.91. The Kier molecular flexibility index (Phi) is 4.30. The molecular weight excluding hydrogens is 340 g/mol. The molecule has 8 nitrogen and oxygen atoms in total. The largest absolute Gasteiger partial charge is 0.369 e. The molecule has 2 saturated heterocycles. The van der Waals surface area contributed by atoms with Crippen LogP contribution in [0.4, 0.5) is 0 Å². The molecule has 9 heteroatoms. The second kappa shape index (κ2) is 6.47.